The third-order valence-electron chi connectivity index (χ3n) is 1.81. The number of alkyl halides is 2. The number of ether oxygens (including phenoxy) is 1. The number of hydrogen-bond acceptors (Lipinski definition) is 5. The summed E-state index contributed by atoms with van der Waals surface area (Å²) in [6.45, 7) is 0. The lowest BCUT2D eigenvalue weighted by molar-refractivity contribution is 0.0581. The molecule has 1 rings (SSSR count). The van der Waals surface area contributed by atoms with Gasteiger partial charge in [-0.2, -0.15) is 5.26 Å². The van der Waals surface area contributed by atoms with Crippen LogP contribution < -0.4 is 0 Å². The zero-order valence-corrected chi connectivity index (χ0v) is 8.07. The van der Waals surface area contributed by atoms with Gasteiger partial charge in [-0.1, -0.05) is 0 Å². The molecule has 7 heteroatoms. The molecule has 16 heavy (non-hydrogen) atoms. The van der Waals surface area contributed by atoms with Crippen molar-refractivity contribution in [2.45, 2.75) is 6.43 Å². The molecular weight excluding hydrogens is 222 g/mol. The highest BCUT2D eigenvalue weighted by Crippen LogP contribution is 2.30. The molecule has 0 bridgehead atoms. The summed E-state index contributed by atoms with van der Waals surface area (Å²) in [5.74, 6) is -1.79. The van der Waals surface area contributed by atoms with E-state index in [2.05, 4.69) is 9.72 Å². The van der Waals surface area contributed by atoms with Crippen molar-refractivity contribution >= 4 is 5.97 Å². The van der Waals surface area contributed by atoms with Gasteiger partial charge in [0.1, 0.15) is 11.6 Å². The van der Waals surface area contributed by atoms with Gasteiger partial charge in [0, 0.05) is 0 Å². The Hall–Kier alpha value is -2.23. The van der Waals surface area contributed by atoms with E-state index < -0.39 is 35.0 Å². The standard InChI is InChI=1S/C9H6F2N2O3/c1-16-9(15)7-6(8(10)11)4(2-12)5(14)3-13-7/h3,8,14H,1H3. The molecule has 0 radical (unpaired) electrons. The van der Waals surface area contributed by atoms with E-state index in [1.54, 1.807) is 0 Å². The van der Waals surface area contributed by atoms with Crippen LogP contribution in [0.1, 0.15) is 28.0 Å². The van der Waals surface area contributed by atoms with E-state index >= 15 is 0 Å². The third-order valence-corrected chi connectivity index (χ3v) is 1.81. The molecule has 0 spiro atoms. The first kappa shape index (κ1) is 11.8. The minimum Gasteiger partial charge on any atom is -0.505 e. The van der Waals surface area contributed by atoms with Gasteiger partial charge in [-0.3, -0.25) is 0 Å². The van der Waals surface area contributed by atoms with E-state index in [4.69, 9.17) is 10.4 Å². The van der Waals surface area contributed by atoms with Gasteiger partial charge in [-0.15, -0.1) is 0 Å². The highest BCUT2D eigenvalue weighted by atomic mass is 19.3. The number of pyridine rings is 1. The Morgan fingerprint density at radius 2 is 2.31 bits per heavy atom. The third kappa shape index (κ3) is 1.91. The fraction of sp³-hybridized carbons (Fsp3) is 0.222. The SMILES string of the molecule is COC(=O)c1ncc(O)c(C#N)c1C(F)F. The molecule has 1 aromatic heterocycles. The molecular formula is C9H6F2N2O3. The summed E-state index contributed by atoms with van der Waals surface area (Å²) in [7, 11) is 0.998. The maximum absolute atomic E-state index is 12.6. The quantitative estimate of drug-likeness (QED) is 0.773. The average molecular weight is 228 g/mol. The molecule has 0 aromatic carbocycles. The number of nitriles is 1. The second-order valence-electron chi connectivity index (χ2n) is 2.68. The lowest BCUT2D eigenvalue weighted by Crippen LogP contribution is -2.10. The highest BCUT2D eigenvalue weighted by Gasteiger charge is 2.26. The van der Waals surface area contributed by atoms with Crippen molar-refractivity contribution in [1.82, 2.24) is 4.98 Å². The Labute approximate surface area is 88.9 Å². The first-order chi connectivity index (χ1) is 7.52. The van der Waals surface area contributed by atoms with Crippen molar-refractivity contribution in [3.8, 4) is 11.8 Å². The molecule has 84 valence electrons. The Bertz CT molecular complexity index is 469. The van der Waals surface area contributed by atoms with Crippen molar-refractivity contribution in [2.24, 2.45) is 0 Å². The second kappa shape index (κ2) is 4.53. The Balaban J connectivity index is 3.53. The number of hydrogen-bond donors (Lipinski definition) is 1. The van der Waals surface area contributed by atoms with E-state index in [-0.39, 0.29) is 0 Å². The van der Waals surface area contributed by atoms with Gasteiger partial charge < -0.3 is 9.84 Å². The number of aromatic nitrogens is 1. The number of nitrogens with zero attached hydrogens (tertiary/aromatic N) is 2. The largest absolute Gasteiger partial charge is 0.505 e. The fourth-order valence-electron chi connectivity index (χ4n) is 1.11. The van der Waals surface area contributed by atoms with Crippen LogP contribution in [0.25, 0.3) is 0 Å². The summed E-state index contributed by atoms with van der Waals surface area (Å²) >= 11 is 0. The summed E-state index contributed by atoms with van der Waals surface area (Å²) in [6, 6.07) is 1.39. The fourth-order valence-corrected chi connectivity index (χ4v) is 1.11. The first-order valence-electron chi connectivity index (χ1n) is 4.01. The van der Waals surface area contributed by atoms with E-state index in [1.807, 2.05) is 0 Å². The number of aromatic hydroxyl groups is 1. The van der Waals surface area contributed by atoms with Gasteiger partial charge in [0.2, 0.25) is 0 Å². The van der Waals surface area contributed by atoms with Crippen LogP contribution in [-0.4, -0.2) is 23.2 Å². The van der Waals surface area contributed by atoms with Crippen molar-refractivity contribution in [1.29, 1.82) is 5.26 Å². The highest BCUT2D eigenvalue weighted by molar-refractivity contribution is 5.90. The van der Waals surface area contributed by atoms with Crippen LogP contribution in [0.3, 0.4) is 0 Å². The van der Waals surface area contributed by atoms with Crippen LogP contribution in [-0.2, 0) is 4.74 Å². The zero-order valence-electron chi connectivity index (χ0n) is 8.07. The smallest absolute Gasteiger partial charge is 0.357 e. The molecule has 0 saturated carbocycles. The van der Waals surface area contributed by atoms with E-state index in [0.717, 1.165) is 13.3 Å². The molecule has 0 aliphatic carbocycles. The maximum atomic E-state index is 12.6. The van der Waals surface area contributed by atoms with E-state index in [1.165, 1.54) is 6.07 Å². The number of halogens is 2. The molecule has 1 N–H and O–H groups in total. The molecule has 0 unspecified atom stereocenters. The summed E-state index contributed by atoms with van der Waals surface area (Å²) < 4.78 is 29.5. The van der Waals surface area contributed by atoms with Crippen molar-refractivity contribution in [3.63, 3.8) is 0 Å². The lowest BCUT2D eigenvalue weighted by Gasteiger charge is -2.08. The number of rotatable bonds is 2. The van der Waals surface area contributed by atoms with Gasteiger partial charge in [0.15, 0.2) is 11.4 Å². The Kier molecular flexibility index (Phi) is 3.35. The van der Waals surface area contributed by atoms with Crippen LogP contribution in [0.5, 0.6) is 5.75 Å². The predicted molar refractivity (Wildman–Crippen MR) is 46.9 cm³/mol. The van der Waals surface area contributed by atoms with E-state index in [9.17, 15) is 13.6 Å². The topological polar surface area (TPSA) is 83.2 Å². The zero-order chi connectivity index (χ0) is 12.3. The molecule has 1 aromatic rings. The Morgan fingerprint density at radius 3 is 2.75 bits per heavy atom. The minimum atomic E-state index is -3.11. The van der Waals surface area contributed by atoms with Crippen molar-refractivity contribution in [3.05, 3.63) is 23.0 Å². The van der Waals surface area contributed by atoms with E-state index in [0.29, 0.717) is 0 Å². The van der Waals surface area contributed by atoms with Crippen LogP contribution in [0.15, 0.2) is 6.20 Å². The number of esters is 1. The number of carbonyl (C=O) groups excluding carboxylic acids is 1. The summed E-state index contributed by atoms with van der Waals surface area (Å²) in [6.07, 6.45) is -2.36. The molecule has 0 fully saturated rings. The molecule has 0 amide bonds. The first-order valence-corrected chi connectivity index (χ1v) is 4.01. The maximum Gasteiger partial charge on any atom is 0.357 e. The summed E-state index contributed by atoms with van der Waals surface area (Å²) in [5, 5.41) is 17.8. The predicted octanol–water partition coefficient (Wildman–Crippen LogP) is 1.38. The number of methoxy groups -OCH3 is 1. The molecule has 0 aliphatic heterocycles. The Morgan fingerprint density at radius 1 is 1.69 bits per heavy atom. The average Bonchev–Trinajstić information content (AvgIpc) is 2.27. The van der Waals surface area contributed by atoms with Crippen molar-refractivity contribution in [2.75, 3.05) is 7.11 Å². The molecule has 0 atom stereocenters. The molecule has 0 saturated heterocycles. The second-order valence-corrected chi connectivity index (χ2v) is 2.68. The molecule has 0 aliphatic rings. The summed E-state index contributed by atoms with van der Waals surface area (Å²) in [5.41, 5.74) is -2.27. The van der Waals surface area contributed by atoms with Crippen LogP contribution in [0.2, 0.25) is 0 Å². The van der Waals surface area contributed by atoms with Gasteiger partial charge >= 0.3 is 5.97 Å². The number of carbonyl (C=O) groups is 1. The normalized spacial score (nSPS) is 9.94. The van der Waals surface area contributed by atoms with Crippen molar-refractivity contribution < 1.29 is 23.4 Å². The van der Waals surface area contributed by atoms with Crippen LogP contribution >= 0.6 is 0 Å². The van der Waals surface area contributed by atoms with Crippen LogP contribution in [0, 0.1) is 11.3 Å². The van der Waals surface area contributed by atoms with Gasteiger partial charge in [0.05, 0.1) is 18.9 Å². The van der Waals surface area contributed by atoms with Gasteiger partial charge in [-0.05, 0) is 0 Å². The lowest BCUT2D eigenvalue weighted by atomic mass is 10.1. The summed E-state index contributed by atoms with van der Waals surface area (Å²) in [4.78, 5) is 14.4. The molecule has 5 nitrogen and oxygen atoms in total. The van der Waals surface area contributed by atoms with Crippen LogP contribution in [0.4, 0.5) is 8.78 Å². The van der Waals surface area contributed by atoms with Gasteiger partial charge in [0.25, 0.3) is 6.43 Å². The minimum absolute atomic E-state index is 0.674. The van der Waals surface area contributed by atoms with Gasteiger partial charge in [-0.25, -0.2) is 18.6 Å². The monoisotopic (exact) mass is 228 g/mol. The molecule has 1 heterocycles.